The number of likely N-dealkylation sites (tertiary alicyclic amines) is 2. The molecule has 18 nitrogen and oxygen atoms in total. The van der Waals surface area contributed by atoms with Crippen molar-refractivity contribution in [2.45, 2.75) is 121 Å². The summed E-state index contributed by atoms with van der Waals surface area (Å²) >= 11 is 1.21. The highest BCUT2D eigenvalue weighted by Crippen LogP contribution is 2.41. The molecule has 6 aromatic rings. The number of piperazine rings is 1. The number of nitrogens with zero attached hydrogens (tertiary/aromatic N) is 9. The first-order valence-electron chi connectivity index (χ1n) is 27.7. The number of amides is 2. The Hall–Kier alpha value is -6.97. The van der Waals surface area contributed by atoms with Crippen molar-refractivity contribution in [3.63, 3.8) is 0 Å². The molecule has 1 saturated carbocycles. The largest absolute Gasteiger partial charge is 0.507 e. The lowest BCUT2D eigenvalue weighted by Gasteiger charge is -2.43. The van der Waals surface area contributed by atoms with Crippen molar-refractivity contribution in [2.24, 2.45) is 17.8 Å². The first-order chi connectivity index (χ1) is 38.1. The molecule has 4 aromatic heterocycles. The minimum atomic E-state index is -1.04. The Kier molecular flexibility index (Phi) is 15.7. The number of aliphatic hydroxyl groups is 1. The summed E-state index contributed by atoms with van der Waals surface area (Å²) in [5.41, 5.74) is 11.8. The Labute approximate surface area is 462 Å². The number of para-hydroxylation sites is 1. The number of rotatable bonds is 18. The smallest absolute Gasteiger partial charge is 0.254 e. The number of pyridine rings is 1. The summed E-state index contributed by atoms with van der Waals surface area (Å²) in [6.45, 7) is 12.1. The van der Waals surface area contributed by atoms with Crippen LogP contribution in [0, 0.1) is 36.3 Å². The Bertz CT molecular complexity index is 3130. The summed E-state index contributed by atoms with van der Waals surface area (Å²) in [6, 6.07) is 15.7. The summed E-state index contributed by atoms with van der Waals surface area (Å²) < 4.78 is 49.0. The van der Waals surface area contributed by atoms with Gasteiger partial charge in [0.05, 0.1) is 46.2 Å². The van der Waals surface area contributed by atoms with E-state index in [1.165, 1.54) is 16.2 Å². The van der Waals surface area contributed by atoms with Gasteiger partial charge >= 0.3 is 0 Å². The van der Waals surface area contributed by atoms with Gasteiger partial charge in [-0.15, -0.1) is 21.5 Å². The average Bonchev–Trinajstić information content (AvgIpc) is 4.27. The van der Waals surface area contributed by atoms with Gasteiger partial charge < -0.3 is 54.9 Å². The molecule has 8 heterocycles. The Morgan fingerprint density at radius 3 is 2.41 bits per heavy atom. The molecule has 4 aliphatic heterocycles. The molecular weight excluding hydrogens is 1030 g/mol. The zero-order valence-corrected chi connectivity index (χ0v) is 45.8. The number of piperidine rings is 1. The maximum absolute atomic E-state index is 15.4. The predicted octanol–water partition coefficient (Wildman–Crippen LogP) is 8.30. The lowest BCUT2D eigenvalue weighted by Crippen LogP contribution is -2.54. The van der Waals surface area contributed by atoms with Gasteiger partial charge in [0, 0.05) is 85.4 Å². The number of carbonyl (C=O) groups excluding carboxylic acids is 2. The molecule has 0 radical (unpaired) electrons. The number of nitrogen functional groups attached to an aromatic ring is 1. The SMILES string of the molecule is Cc1ncsc1-c1cc(F)c([C@H](C)NC(=O)[C@@H]2C[C@@H](O)CN2C(=O)[C@H](c2cc(OCCC3CCN(CC4CC(Oc5cc(N6C7CC[C@@H]6CN(c6cc(-c8ccccc8O)nnc6N)C7)ccn5)C4)CC3)no2)C(C)C)cc1F. The van der Waals surface area contributed by atoms with Crippen LogP contribution in [0.5, 0.6) is 17.5 Å². The van der Waals surface area contributed by atoms with Gasteiger partial charge in [-0.05, 0) is 131 Å². The zero-order chi connectivity index (χ0) is 55.1. The maximum atomic E-state index is 15.4. The number of β-amino-alcohol motifs (C(OH)–C–C–N with tert-alkyl or cyclic N) is 1. The van der Waals surface area contributed by atoms with E-state index in [1.54, 1.807) is 37.6 Å². The molecule has 5 aliphatic rings. The molecule has 1 unspecified atom stereocenters. The second-order valence-electron chi connectivity index (χ2n) is 22.6. The molecule has 0 spiro atoms. The van der Waals surface area contributed by atoms with Crippen LogP contribution in [-0.4, -0.2) is 133 Å². The number of aromatic hydroxyl groups is 1. The van der Waals surface area contributed by atoms with Gasteiger partial charge in [-0.25, -0.2) is 18.7 Å². The summed E-state index contributed by atoms with van der Waals surface area (Å²) in [6.07, 6.45) is 8.18. The standard InChI is InChI=1S/C58H69F2N11O7S/c1-32(2)54(58(75)70-30-40(72)22-49(70)57(74)64-33(3)43-23-46(60)44(24-45(43)59)55-34(4)63-31-79-55)51-26-53(67-78-51)76-18-14-35-12-16-68(17-13-35)27-36-19-41(20-36)77-52-21-37(11-15-62-52)71-38-9-10-39(71)29-69(28-38)48-25-47(65-66-56(48)61)42-7-5-6-8-50(42)73/h5-8,11,15,21,23-26,31-33,35-36,38-41,49,54,72-73H,9-10,12-14,16-20,22,27-30H2,1-4H3,(H2,61,66)(H,64,74)/t33-,36?,38+,39?,40+,41?,49-,54-/m0/s1. The highest BCUT2D eigenvalue weighted by molar-refractivity contribution is 7.13. The second-order valence-corrected chi connectivity index (χ2v) is 23.4. The van der Waals surface area contributed by atoms with E-state index in [9.17, 15) is 19.8 Å². The molecule has 11 rings (SSSR count). The zero-order valence-electron chi connectivity index (χ0n) is 45.0. The molecule has 2 amide bonds. The lowest BCUT2D eigenvalue weighted by atomic mass is 9.81. The number of aliphatic hydroxyl groups excluding tert-OH is 1. The van der Waals surface area contributed by atoms with Crippen LogP contribution in [0.2, 0.25) is 0 Å². The number of anilines is 3. The third-order valence-corrected chi connectivity index (χ3v) is 17.8. The van der Waals surface area contributed by atoms with Gasteiger partial charge in [-0.1, -0.05) is 26.0 Å². The minimum absolute atomic E-state index is 0.0120. The monoisotopic (exact) mass is 1100 g/mol. The van der Waals surface area contributed by atoms with Crippen molar-refractivity contribution in [3.05, 3.63) is 101 Å². The molecular formula is C58H69F2N11O7S. The normalized spacial score (nSPS) is 23.2. The number of hydrogen-bond acceptors (Lipinski definition) is 17. The fourth-order valence-electron chi connectivity index (χ4n) is 12.6. The number of benzene rings is 2. The quantitative estimate of drug-likeness (QED) is 0.0636. The lowest BCUT2D eigenvalue weighted by molar-refractivity contribution is -0.141. The molecule has 21 heteroatoms. The number of halogens is 2. The molecule has 2 bridgehead atoms. The van der Waals surface area contributed by atoms with E-state index in [0.717, 1.165) is 101 Å². The maximum Gasteiger partial charge on any atom is 0.254 e. The fraction of sp³-hybridized carbons (Fsp3) is 0.500. The van der Waals surface area contributed by atoms with Crippen LogP contribution in [0.4, 0.5) is 26.0 Å². The van der Waals surface area contributed by atoms with Gasteiger partial charge in [0.1, 0.15) is 35.4 Å². The van der Waals surface area contributed by atoms with E-state index in [-0.39, 0.29) is 47.7 Å². The van der Waals surface area contributed by atoms with Crippen molar-refractivity contribution in [1.29, 1.82) is 0 Å². The summed E-state index contributed by atoms with van der Waals surface area (Å²) in [5, 5.41) is 36.6. The predicted molar refractivity (Wildman–Crippen MR) is 295 cm³/mol. The van der Waals surface area contributed by atoms with E-state index in [0.29, 0.717) is 69.8 Å². The minimum Gasteiger partial charge on any atom is -0.507 e. The van der Waals surface area contributed by atoms with Crippen molar-refractivity contribution < 1.29 is 42.6 Å². The third-order valence-electron chi connectivity index (χ3n) is 16.8. The molecule has 2 aromatic carbocycles. The third kappa shape index (κ3) is 11.6. The van der Waals surface area contributed by atoms with E-state index in [1.807, 2.05) is 38.2 Å². The highest BCUT2D eigenvalue weighted by atomic mass is 32.1. The molecule has 79 heavy (non-hydrogen) atoms. The number of carbonyl (C=O) groups is 2. The molecule has 5 fully saturated rings. The highest BCUT2D eigenvalue weighted by Gasteiger charge is 2.45. The van der Waals surface area contributed by atoms with E-state index >= 15 is 8.78 Å². The number of nitrogens with one attached hydrogen (secondary N) is 1. The molecule has 6 atom stereocenters. The first kappa shape index (κ1) is 54.0. The second kappa shape index (κ2) is 23.0. The number of ether oxygens (including phenoxy) is 2. The van der Waals surface area contributed by atoms with Crippen LogP contribution in [0.3, 0.4) is 0 Å². The number of fused-ring (bicyclic) bond motifs is 2. The van der Waals surface area contributed by atoms with Gasteiger partial charge in [-0.3, -0.25) is 9.59 Å². The summed E-state index contributed by atoms with van der Waals surface area (Å²) in [7, 11) is 0. The van der Waals surface area contributed by atoms with Crippen LogP contribution < -0.4 is 30.3 Å². The number of aryl methyl sites for hydroxylation is 1. The van der Waals surface area contributed by atoms with Gasteiger partial charge in [0.2, 0.25) is 17.7 Å². The van der Waals surface area contributed by atoms with Gasteiger partial charge in [-0.2, -0.15) is 0 Å². The number of thiazole rings is 1. The van der Waals surface area contributed by atoms with E-state index in [4.69, 9.17) is 19.7 Å². The average molecular weight is 1100 g/mol. The van der Waals surface area contributed by atoms with Crippen LogP contribution >= 0.6 is 11.3 Å². The molecule has 4 saturated heterocycles. The number of hydrogen-bond donors (Lipinski definition) is 4. The Morgan fingerprint density at radius 2 is 1.67 bits per heavy atom. The number of phenolic OH excluding ortho intramolecular Hbond substituents is 1. The van der Waals surface area contributed by atoms with Crippen LogP contribution in [0.25, 0.3) is 21.7 Å². The Balaban J connectivity index is 0.607. The number of aromatic nitrogens is 5. The van der Waals surface area contributed by atoms with Crippen molar-refractivity contribution >= 4 is 40.3 Å². The number of nitrogens with two attached hydrogens (primary N) is 1. The van der Waals surface area contributed by atoms with E-state index < -0.39 is 47.6 Å². The number of phenols is 1. The van der Waals surface area contributed by atoms with Crippen LogP contribution in [-0.2, 0) is 9.59 Å². The van der Waals surface area contributed by atoms with Crippen LogP contribution in [0.15, 0.2) is 76.9 Å². The van der Waals surface area contributed by atoms with Crippen molar-refractivity contribution in [2.75, 3.05) is 61.4 Å². The topological polar surface area (TPSA) is 222 Å². The first-order valence-corrected chi connectivity index (χ1v) is 28.6. The van der Waals surface area contributed by atoms with Crippen molar-refractivity contribution in [1.82, 2.24) is 40.4 Å². The molecule has 418 valence electrons. The fourth-order valence-corrected chi connectivity index (χ4v) is 13.4. The van der Waals surface area contributed by atoms with E-state index in [2.05, 4.69) is 57.5 Å². The van der Waals surface area contributed by atoms with Crippen LogP contribution in [0.1, 0.15) is 101 Å². The summed E-state index contributed by atoms with van der Waals surface area (Å²) in [5.74, 6) is -0.532. The van der Waals surface area contributed by atoms with Gasteiger partial charge in [0.25, 0.3) is 5.88 Å². The van der Waals surface area contributed by atoms with Gasteiger partial charge in [0.15, 0.2) is 11.6 Å². The Morgan fingerprint density at radius 1 is 0.899 bits per heavy atom. The van der Waals surface area contributed by atoms with Crippen molar-refractivity contribution in [3.8, 4) is 39.2 Å². The summed E-state index contributed by atoms with van der Waals surface area (Å²) in [4.78, 5) is 46.0. The molecule has 1 aliphatic carbocycles. The molecule has 5 N–H and O–H groups in total.